The van der Waals surface area contributed by atoms with Crippen molar-refractivity contribution in [1.29, 1.82) is 0 Å². The number of anilines is 1. The molecular weight excluding hydrogens is 320 g/mol. The second kappa shape index (κ2) is 9.25. The highest BCUT2D eigenvalue weighted by Crippen LogP contribution is 2.17. The van der Waals surface area contributed by atoms with Gasteiger partial charge in [0.1, 0.15) is 5.69 Å². The number of nitrogens with one attached hydrogen (secondary N) is 2. The molecule has 1 aromatic heterocycles. The number of likely N-dealkylation sites (tertiary alicyclic amines) is 1. The first-order valence-electron chi connectivity index (χ1n) is 8.92. The van der Waals surface area contributed by atoms with E-state index in [1.54, 1.807) is 17.2 Å². The molecule has 0 radical (unpaired) electrons. The molecule has 0 aliphatic carbocycles. The van der Waals surface area contributed by atoms with Gasteiger partial charge in [-0.25, -0.2) is 9.78 Å². The Balaban J connectivity index is 1.80. The number of carbonyl (C=O) groups excluding carboxylic acids is 2. The monoisotopic (exact) mass is 348 g/mol. The Kier molecular flexibility index (Phi) is 7.03. The van der Waals surface area contributed by atoms with Crippen LogP contribution in [0.3, 0.4) is 0 Å². The minimum absolute atomic E-state index is 0.150. The molecule has 2 amide bonds. The molecule has 0 saturated carbocycles. The van der Waals surface area contributed by atoms with Crippen LogP contribution in [0.15, 0.2) is 18.3 Å². The largest absolute Gasteiger partial charge is 0.450 e. The second-order valence-electron chi connectivity index (χ2n) is 6.64. The molecule has 2 N–H and O–H groups in total. The fraction of sp³-hybridized carbons (Fsp3) is 0.611. The van der Waals surface area contributed by atoms with Gasteiger partial charge in [0.05, 0.1) is 18.5 Å². The molecular formula is C18H28N4O3. The van der Waals surface area contributed by atoms with Crippen molar-refractivity contribution in [3.63, 3.8) is 0 Å². The lowest BCUT2D eigenvalue weighted by Crippen LogP contribution is -2.42. The number of nitrogens with zero attached hydrogens (tertiary/aromatic N) is 2. The molecule has 1 fully saturated rings. The van der Waals surface area contributed by atoms with E-state index in [-0.39, 0.29) is 18.0 Å². The van der Waals surface area contributed by atoms with Gasteiger partial charge in [0, 0.05) is 25.7 Å². The highest BCUT2D eigenvalue weighted by molar-refractivity contribution is 5.92. The van der Waals surface area contributed by atoms with Gasteiger partial charge in [-0.05, 0) is 37.8 Å². The summed E-state index contributed by atoms with van der Waals surface area (Å²) in [6, 6.07) is 3.88. The van der Waals surface area contributed by atoms with E-state index < -0.39 is 0 Å². The van der Waals surface area contributed by atoms with Gasteiger partial charge in [-0.2, -0.15) is 0 Å². The molecule has 0 unspecified atom stereocenters. The summed E-state index contributed by atoms with van der Waals surface area (Å²) in [5.74, 6) is 0.258. The van der Waals surface area contributed by atoms with E-state index in [1.807, 2.05) is 26.8 Å². The van der Waals surface area contributed by atoms with E-state index in [0.29, 0.717) is 37.9 Å². The average molecular weight is 348 g/mol. The molecule has 0 atom stereocenters. The highest BCUT2D eigenvalue weighted by atomic mass is 16.6. The van der Waals surface area contributed by atoms with Crippen LogP contribution in [0.4, 0.5) is 10.5 Å². The smallest absolute Gasteiger partial charge is 0.409 e. The number of piperidine rings is 1. The Hall–Kier alpha value is -2.31. The lowest BCUT2D eigenvalue weighted by atomic mass is 10.1. The van der Waals surface area contributed by atoms with Gasteiger partial charge >= 0.3 is 6.09 Å². The van der Waals surface area contributed by atoms with Crippen molar-refractivity contribution >= 4 is 17.7 Å². The maximum Gasteiger partial charge on any atom is 0.409 e. The summed E-state index contributed by atoms with van der Waals surface area (Å²) >= 11 is 0. The summed E-state index contributed by atoms with van der Waals surface area (Å²) in [5, 5.41) is 6.27. The van der Waals surface area contributed by atoms with Crippen LogP contribution >= 0.6 is 0 Å². The van der Waals surface area contributed by atoms with Crippen LogP contribution < -0.4 is 10.6 Å². The first kappa shape index (κ1) is 19.0. The predicted octanol–water partition coefficient (Wildman–Crippen LogP) is 2.50. The standard InChI is InChI=1S/C18H28N4O3/c1-4-25-18(24)22-9-7-14(8-10-22)21-15-5-6-16(19-12-15)17(23)20-11-13(2)3/h5-6,12-14,21H,4,7-11H2,1-3H3,(H,20,23). The summed E-state index contributed by atoms with van der Waals surface area (Å²) in [6.45, 7) is 8.31. The van der Waals surface area contributed by atoms with Crippen LogP contribution in [-0.4, -0.2) is 54.2 Å². The van der Waals surface area contributed by atoms with Gasteiger partial charge in [0.25, 0.3) is 5.91 Å². The van der Waals surface area contributed by atoms with E-state index in [4.69, 9.17) is 4.74 Å². The van der Waals surface area contributed by atoms with Crippen LogP contribution in [0, 0.1) is 5.92 Å². The van der Waals surface area contributed by atoms with Crippen LogP contribution in [0.1, 0.15) is 44.1 Å². The number of amides is 2. The van der Waals surface area contributed by atoms with Gasteiger partial charge < -0.3 is 20.3 Å². The topological polar surface area (TPSA) is 83.6 Å². The lowest BCUT2D eigenvalue weighted by molar-refractivity contribution is 0.0943. The minimum Gasteiger partial charge on any atom is -0.450 e. The number of aromatic nitrogens is 1. The Morgan fingerprint density at radius 3 is 2.60 bits per heavy atom. The highest BCUT2D eigenvalue weighted by Gasteiger charge is 2.23. The number of carbonyl (C=O) groups is 2. The van der Waals surface area contributed by atoms with E-state index in [1.165, 1.54) is 0 Å². The van der Waals surface area contributed by atoms with Crippen molar-refractivity contribution in [1.82, 2.24) is 15.2 Å². The first-order chi connectivity index (χ1) is 12.0. The fourth-order valence-electron chi connectivity index (χ4n) is 2.66. The summed E-state index contributed by atoms with van der Waals surface area (Å²) in [4.78, 5) is 29.6. The second-order valence-corrected chi connectivity index (χ2v) is 6.64. The van der Waals surface area contributed by atoms with E-state index in [2.05, 4.69) is 15.6 Å². The van der Waals surface area contributed by atoms with Crippen molar-refractivity contribution in [2.24, 2.45) is 5.92 Å². The number of hydrogen-bond acceptors (Lipinski definition) is 5. The third-order valence-corrected chi connectivity index (χ3v) is 4.06. The Bertz CT molecular complexity index is 566. The molecule has 0 bridgehead atoms. The van der Waals surface area contributed by atoms with Gasteiger partial charge in [0.15, 0.2) is 0 Å². The Morgan fingerprint density at radius 2 is 2.04 bits per heavy atom. The van der Waals surface area contributed by atoms with E-state index in [0.717, 1.165) is 18.5 Å². The average Bonchev–Trinajstić information content (AvgIpc) is 2.61. The summed E-state index contributed by atoms with van der Waals surface area (Å²) in [5.41, 5.74) is 1.30. The Morgan fingerprint density at radius 1 is 1.32 bits per heavy atom. The van der Waals surface area contributed by atoms with Crippen molar-refractivity contribution in [3.8, 4) is 0 Å². The van der Waals surface area contributed by atoms with Gasteiger partial charge in [-0.1, -0.05) is 13.8 Å². The van der Waals surface area contributed by atoms with Crippen molar-refractivity contribution in [2.45, 2.75) is 39.7 Å². The van der Waals surface area contributed by atoms with Crippen LogP contribution in [0.5, 0.6) is 0 Å². The maximum absolute atomic E-state index is 12.0. The molecule has 0 aromatic carbocycles. The molecule has 7 nitrogen and oxygen atoms in total. The molecule has 138 valence electrons. The molecule has 1 aliphatic heterocycles. The van der Waals surface area contributed by atoms with Crippen molar-refractivity contribution in [2.75, 3.05) is 31.6 Å². The third kappa shape index (κ3) is 5.92. The fourth-order valence-corrected chi connectivity index (χ4v) is 2.66. The summed E-state index contributed by atoms with van der Waals surface area (Å²) < 4.78 is 5.02. The minimum atomic E-state index is -0.237. The normalized spacial score (nSPS) is 15.1. The first-order valence-corrected chi connectivity index (χ1v) is 8.92. The van der Waals surface area contributed by atoms with E-state index in [9.17, 15) is 9.59 Å². The molecule has 7 heteroatoms. The quantitative estimate of drug-likeness (QED) is 0.825. The molecule has 2 heterocycles. The lowest BCUT2D eigenvalue weighted by Gasteiger charge is -2.32. The van der Waals surface area contributed by atoms with Gasteiger partial charge in [-0.3, -0.25) is 4.79 Å². The van der Waals surface area contributed by atoms with Crippen LogP contribution in [0.2, 0.25) is 0 Å². The van der Waals surface area contributed by atoms with Gasteiger partial charge in [-0.15, -0.1) is 0 Å². The SMILES string of the molecule is CCOC(=O)N1CCC(Nc2ccc(C(=O)NCC(C)C)nc2)CC1. The zero-order chi connectivity index (χ0) is 18.2. The zero-order valence-electron chi connectivity index (χ0n) is 15.2. The Labute approximate surface area is 149 Å². The maximum atomic E-state index is 12.0. The summed E-state index contributed by atoms with van der Waals surface area (Å²) in [7, 11) is 0. The molecule has 0 spiro atoms. The molecule has 1 aromatic rings. The number of hydrogen-bond donors (Lipinski definition) is 2. The van der Waals surface area contributed by atoms with Crippen molar-refractivity contribution < 1.29 is 14.3 Å². The van der Waals surface area contributed by atoms with Crippen molar-refractivity contribution in [3.05, 3.63) is 24.0 Å². The van der Waals surface area contributed by atoms with Gasteiger partial charge in [0.2, 0.25) is 0 Å². The molecule has 1 aliphatic rings. The predicted molar refractivity (Wildman–Crippen MR) is 96.6 cm³/mol. The number of rotatable bonds is 6. The molecule has 1 saturated heterocycles. The van der Waals surface area contributed by atoms with Crippen LogP contribution in [-0.2, 0) is 4.74 Å². The third-order valence-electron chi connectivity index (χ3n) is 4.06. The van der Waals surface area contributed by atoms with E-state index >= 15 is 0 Å². The number of ether oxygens (including phenoxy) is 1. The summed E-state index contributed by atoms with van der Waals surface area (Å²) in [6.07, 6.45) is 3.16. The zero-order valence-corrected chi connectivity index (χ0v) is 15.2. The molecule has 25 heavy (non-hydrogen) atoms. The molecule has 2 rings (SSSR count). The number of pyridine rings is 1. The van der Waals surface area contributed by atoms with Crippen LogP contribution in [0.25, 0.3) is 0 Å².